The van der Waals surface area contributed by atoms with Crippen LogP contribution in [-0.4, -0.2) is 48.3 Å². The van der Waals surface area contributed by atoms with E-state index in [0.29, 0.717) is 0 Å². The predicted octanol–water partition coefficient (Wildman–Crippen LogP) is 1.70. The van der Waals surface area contributed by atoms with Crippen molar-refractivity contribution in [3.05, 3.63) is 29.6 Å². The second-order valence-corrected chi connectivity index (χ2v) is 5.07. The third kappa shape index (κ3) is 3.30. The van der Waals surface area contributed by atoms with Gasteiger partial charge in [-0.1, -0.05) is 6.07 Å². The molecule has 2 amide bonds. The molecule has 1 aliphatic rings. The molecule has 2 rings (SSSR count). The van der Waals surface area contributed by atoms with Gasteiger partial charge in [-0.2, -0.15) is 0 Å². The van der Waals surface area contributed by atoms with Crippen LogP contribution in [0.4, 0.5) is 14.9 Å². The van der Waals surface area contributed by atoms with E-state index in [1.807, 2.05) is 0 Å². The molecule has 0 spiro atoms. The van der Waals surface area contributed by atoms with Crippen molar-refractivity contribution in [2.75, 3.05) is 25.6 Å². The molecule has 2 unspecified atom stereocenters. The second-order valence-electron chi connectivity index (χ2n) is 5.07. The largest absolute Gasteiger partial charge is 0.481 e. The summed E-state index contributed by atoms with van der Waals surface area (Å²) in [7, 11) is 1.47. The van der Waals surface area contributed by atoms with E-state index in [2.05, 4.69) is 5.32 Å². The summed E-state index contributed by atoms with van der Waals surface area (Å²) < 4.78 is 18.8. The number of rotatable bonds is 3. The highest BCUT2D eigenvalue weighted by Crippen LogP contribution is 2.21. The molecule has 2 N–H and O–H groups in total. The zero-order valence-electron chi connectivity index (χ0n) is 11.8. The molecule has 1 fully saturated rings. The van der Waals surface area contributed by atoms with E-state index >= 15 is 0 Å². The number of hydrogen-bond donors (Lipinski definition) is 2. The zero-order valence-corrected chi connectivity index (χ0v) is 11.8. The molecule has 2 atom stereocenters. The number of halogens is 1. The lowest BCUT2D eigenvalue weighted by molar-refractivity contribution is -0.142. The molecule has 0 bridgehead atoms. The van der Waals surface area contributed by atoms with Crippen molar-refractivity contribution >= 4 is 17.7 Å². The van der Waals surface area contributed by atoms with Gasteiger partial charge >= 0.3 is 12.0 Å². The van der Waals surface area contributed by atoms with Gasteiger partial charge in [-0.15, -0.1) is 0 Å². The van der Waals surface area contributed by atoms with Crippen LogP contribution in [0, 0.1) is 18.7 Å². The Kier molecular flexibility index (Phi) is 4.42. The smallest absolute Gasteiger partial charge is 0.322 e. The second kappa shape index (κ2) is 6.09. The van der Waals surface area contributed by atoms with Gasteiger partial charge in [-0.25, -0.2) is 9.18 Å². The van der Waals surface area contributed by atoms with E-state index in [1.54, 1.807) is 13.0 Å². The third-order valence-electron chi connectivity index (χ3n) is 3.55. The number of ether oxygens (including phenoxy) is 1. The monoisotopic (exact) mass is 296 g/mol. The van der Waals surface area contributed by atoms with Gasteiger partial charge < -0.3 is 20.1 Å². The number of nitrogens with one attached hydrogen (secondary N) is 1. The van der Waals surface area contributed by atoms with Crippen molar-refractivity contribution in [3.8, 4) is 0 Å². The van der Waals surface area contributed by atoms with E-state index in [4.69, 9.17) is 9.84 Å². The summed E-state index contributed by atoms with van der Waals surface area (Å²) in [5.41, 5.74) is 0.803. The zero-order chi connectivity index (χ0) is 15.6. The number of nitrogens with zero attached hydrogens (tertiary/aromatic N) is 1. The van der Waals surface area contributed by atoms with Crippen molar-refractivity contribution in [3.63, 3.8) is 0 Å². The summed E-state index contributed by atoms with van der Waals surface area (Å²) >= 11 is 0. The number of carboxylic acid groups (broad SMARTS) is 1. The SMILES string of the molecule is Cc1ccc(NC(=O)N(C)C2COCC2C(=O)O)c(F)c1. The standard InChI is InChI=1S/C14H17FN2O4/c1-8-3-4-11(10(15)5-8)16-14(20)17(2)12-7-21-6-9(12)13(18)19/h3-5,9,12H,6-7H2,1-2H3,(H,16,20)(H,18,19). The lowest BCUT2D eigenvalue weighted by atomic mass is 10.0. The molecule has 0 radical (unpaired) electrons. The van der Waals surface area contributed by atoms with Crippen LogP contribution in [0.1, 0.15) is 5.56 Å². The number of likely N-dealkylation sites (N-methyl/N-ethyl adjacent to an activating group) is 1. The highest BCUT2D eigenvalue weighted by molar-refractivity contribution is 5.90. The number of carbonyl (C=O) groups is 2. The minimum atomic E-state index is -1.02. The van der Waals surface area contributed by atoms with Gasteiger partial charge in [0.1, 0.15) is 11.7 Å². The van der Waals surface area contributed by atoms with Crippen molar-refractivity contribution in [2.45, 2.75) is 13.0 Å². The van der Waals surface area contributed by atoms with Crippen LogP contribution in [0.3, 0.4) is 0 Å². The van der Waals surface area contributed by atoms with Crippen LogP contribution in [0.25, 0.3) is 0 Å². The van der Waals surface area contributed by atoms with Crippen molar-refractivity contribution < 1.29 is 23.8 Å². The van der Waals surface area contributed by atoms with Gasteiger partial charge in [0, 0.05) is 7.05 Å². The number of aryl methyl sites for hydroxylation is 1. The normalized spacial score (nSPS) is 21.1. The lowest BCUT2D eigenvalue weighted by Crippen LogP contribution is -2.46. The van der Waals surface area contributed by atoms with Gasteiger partial charge in [0.05, 0.1) is 24.9 Å². The first-order chi connectivity index (χ1) is 9.90. The molecule has 1 aromatic carbocycles. The highest BCUT2D eigenvalue weighted by atomic mass is 19.1. The topological polar surface area (TPSA) is 78.9 Å². The molecule has 1 aromatic rings. The highest BCUT2D eigenvalue weighted by Gasteiger charge is 2.38. The molecule has 1 saturated heterocycles. The fourth-order valence-corrected chi connectivity index (χ4v) is 2.24. The van der Waals surface area contributed by atoms with Crippen LogP contribution >= 0.6 is 0 Å². The average molecular weight is 296 g/mol. The number of aliphatic carboxylic acids is 1. The summed E-state index contributed by atoms with van der Waals surface area (Å²) in [6.07, 6.45) is 0. The minimum absolute atomic E-state index is 0.0586. The molecule has 0 aliphatic carbocycles. The number of carboxylic acids is 1. The van der Waals surface area contributed by atoms with Crippen LogP contribution in [0.15, 0.2) is 18.2 Å². The van der Waals surface area contributed by atoms with E-state index in [1.165, 1.54) is 24.1 Å². The van der Waals surface area contributed by atoms with E-state index in [-0.39, 0.29) is 18.9 Å². The fourth-order valence-electron chi connectivity index (χ4n) is 2.24. The van der Waals surface area contributed by atoms with Gasteiger partial charge in [0.15, 0.2) is 0 Å². The summed E-state index contributed by atoms with van der Waals surface area (Å²) in [5, 5.41) is 11.5. The molecule has 1 heterocycles. The number of benzene rings is 1. The Balaban J connectivity index is 2.07. The van der Waals surface area contributed by atoms with Gasteiger partial charge in [0.2, 0.25) is 0 Å². The summed E-state index contributed by atoms with van der Waals surface area (Å²) in [5.74, 6) is -2.32. The van der Waals surface area contributed by atoms with Crippen molar-refractivity contribution in [1.29, 1.82) is 0 Å². The third-order valence-corrected chi connectivity index (χ3v) is 3.55. The van der Waals surface area contributed by atoms with Gasteiger partial charge in [-0.05, 0) is 24.6 Å². The number of amides is 2. The molecule has 1 aliphatic heterocycles. The van der Waals surface area contributed by atoms with E-state index in [9.17, 15) is 14.0 Å². The quantitative estimate of drug-likeness (QED) is 0.890. The minimum Gasteiger partial charge on any atom is -0.481 e. The first-order valence-electron chi connectivity index (χ1n) is 6.50. The van der Waals surface area contributed by atoms with Crippen LogP contribution in [0.2, 0.25) is 0 Å². The van der Waals surface area contributed by atoms with Crippen LogP contribution in [-0.2, 0) is 9.53 Å². The Labute approximate surface area is 121 Å². The van der Waals surface area contributed by atoms with Gasteiger partial charge in [-0.3, -0.25) is 4.79 Å². The molecule has 0 aromatic heterocycles. The Bertz CT molecular complexity index is 564. The maximum Gasteiger partial charge on any atom is 0.322 e. The van der Waals surface area contributed by atoms with Gasteiger partial charge in [0.25, 0.3) is 0 Å². The molecular weight excluding hydrogens is 279 g/mol. The Hall–Kier alpha value is -2.15. The molecule has 6 nitrogen and oxygen atoms in total. The van der Waals surface area contributed by atoms with Crippen molar-refractivity contribution in [1.82, 2.24) is 4.90 Å². The Morgan fingerprint density at radius 3 is 2.76 bits per heavy atom. The number of urea groups is 1. The van der Waals surface area contributed by atoms with Crippen LogP contribution < -0.4 is 5.32 Å². The Morgan fingerprint density at radius 2 is 2.14 bits per heavy atom. The van der Waals surface area contributed by atoms with Crippen molar-refractivity contribution in [2.24, 2.45) is 5.92 Å². The summed E-state index contributed by atoms with van der Waals surface area (Å²) in [6.45, 7) is 1.96. The van der Waals surface area contributed by atoms with E-state index < -0.39 is 29.8 Å². The summed E-state index contributed by atoms with van der Waals surface area (Å²) in [6, 6.07) is 3.32. The average Bonchev–Trinajstić information content (AvgIpc) is 2.90. The number of hydrogen-bond acceptors (Lipinski definition) is 3. The molecule has 114 valence electrons. The number of carbonyl (C=O) groups excluding carboxylic acids is 1. The first-order valence-corrected chi connectivity index (χ1v) is 6.50. The maximum absolute atomic E-state index is 13.7. The molecule has 7 heteroatoms. The lowest BCUT2D eigenvalue weighted by Gasteiger charge is -2.26. The first kappa shape index (κ1) is 15.2. The fraction of sp³-hybridized carbons (Fsp3) is 0.429. The van der Waals surface area contributed by atoms with E-state index in [0.717, 1.165) is 5.56 Å². The maximum atomic E-state index is 13.7. The summed E-state index contributed by atoms with van der Waals surface area (Å²) in [4.78, 5) is 24.4. The molecular formula is C14H17FN2O4. The molecule has 21 heavy (non-hydrogen) atoms. The number of anilines is 1. The molecule has 0 saturated carbocycles. The predicted molar refractivity (Wildman–Crippen MR) is 73.7 cm³/mol. The Morgan fingerprint density at radius 1 is 1.43 bits per heavy atom. The van der Waals surface area contributed by atoms with Crippen LogP contribution in [0.5, 0.6) is 0 Å².